The number of nitrogens with two attached hydrogens (primary N) is 1. The fourth-order valence-corrected chi connectivity index (χ4v) is 1.83. The van der Waals surface area contributed by atoms with Crippen LogP contribution in [0, 0.1) is 5.92 Å². The number of carbonyl (C=O) groups excluding carboxylic acids is 1. The smallest absolute Gasteiger partial charge is 0.311 e. The van der Waals surface area contributed by atoms with E-state index in [2.05, 4.69) is 0 Å². The maximum Gasteiger partial charge on any atom is 0.311 e. The molecule has 0 aromatic heterocycles. The first-order valence-electron chi connectivity index (χ1n) is 5.38. The van der Waals surface area contributed by atoms with Crippen LogP contribution in [-0.2, 0) is 9.53 Å². The molecular weight excluding hydrogens is 178 g/mol. The van der Waals surface area contributed by atoms with Crippen LogP contribution in [0.15, 0.2) is 0 Å². The minimum atomic E-state index is -0.395. The van der Waals surface area contributed by atoms with Crippen molar-refractivity contribution in [1.82, 2.24) is 0 Å². The molecular formula is C11H21NO2. The summed E-state index contributed by atoms with van der Waals surface area (Å²) in [5.74, 6) is -0.201. The second kappa shape index (κ2) is 4.30. The Hall–Kier alpha value is -0.570. The van der Waals surface area contributed by atoms with Crippen molar-refractivity contribution in [1.29, 1.82) is 0 Å². The van der Waals surface area contributed by atoms with Crippen LogP contribution >= 0.6 is 0 Å². The zero-order chi connectivity index (χ0) is 10.8. The second-order valence-corrected chi connectivity index (χ2v) is 5.09. The summed E-state index contributed by atoms with van der Waals surface area (Å²) in [4.78, 5) is 11.7. The van der Waals surface area contributed by atoms with Crippen LogP contribution < -0.4 is 5.73 Å². The number of ether oxygens (including phenoxy) is 1. The van der Waals surface area contributed by atoms with Gasteiger partial charge in [-0.2, -0.15) is 0 Å². The Kier molecular flexibility index (Phi) is 3.53. The Morgan fingerprint density at radius 1 is 1.29 bits per heavy atom. The van der Waals surface area contributed by atoms with Crippen LogP contribution in [0.25, 0.3) is 0 Å². The highest BCUT2D eigenvalue weighted by Gasteiger charge is 2.31. The SMILES string of the molecule is CC(C)(C)OC(=O)[C@H]1CCCC[C@@H]1N. The monoisotopic (exact) mass is 199 g/mol. The Morgan fingerprint density at radius 3 is 2.36 bits per heavy atom. The van der Waals surface area contributed by atoms with Gasteiger partial charge in [-0.05, 0) is 33.6 Å². The molecule has 2 N–H and O–H groups in total. The lowest BCUT2D eigenvalue weighted by Gasteiger charge is -2.30. The summed E-state index contributed by atoms with van der Waals surface area (Å²) in [7, 11) is 0. The van der Waals surface area contributed by atoms with Crippen molar-refractivity contribution >= 4 is 5.97 Å². The minimum Gasteiger partial charge on any atom is -0.460 e. The number of hydrogen-bond donors (Lipinski definition) is 1. The van der Waals surface area contributed by atoms with Crippen molar-refractivity contribution in [2.45, 2.75) is 58.1 Å². The van der Waals surface area contributed by atoms with Gasteiger partial charge < -0.3 is 10.5 Å². The summed E-state index contributed by atoms with van der Waals surface area (Å²) in [6.07, 6.45) is 4.07. The van der Waals surface area contributed by atoms with Gasteiger partial charge in [-0.1, -0.05) is 12.8 Å². The topological polar surface area (TPSA) is 52.3 Å². The van der Waals surface area contributed by atoms with Crippen LogP contribution in [0.1, 0.15) is 46.5 Å². The molecule has 0 unspecified atom stereocenters. The molecule has 0 bridgehead atoms. The van der Waals surface area contributed by atoms with Crippen molar-refractivity contribution in [2.75, 3.05) is 0 Å². The van der Waals surface area contributed by atoms with Crippen molar-refractivity contribution in [3.8, 4) is 0 Å². The third kappa shape index (κ3) is 3.29. The van der Waals surface area contributed by atoms with E-state index in [4.69, 9.17) is 10.5 Å². The van der Waals surface area contributed by atoms with E-state index in [1.54, 1.807) is 0 Å². The summed E-state index contributed by atoms with van der Waals surface area (Å²) in [6.45, 7) is 5.66. The molecule has 3 nitrogen and oxygen atoms in total. The normalized spacial score (nSPS) is 28.6. The fraction of sp³-hybridized carbons (Fsp3) is 0.909. The Morgan fingerprint density at radius 2 is 1.86 bits per heavy atom. The second-order valence-electron chi connectivity index (χ2n) is 5.09. The van der Waals surface area contributed by atoms with Gasteiger partial charge in [0, 0.05) is 6.04 Å². The number of hydrogen-bond acceptors (Lipinski definition) is 3. The molecule has 0 aromatic rings. The molecule has 0 saturated heterocycles. The quantitative estimate of drug-likeness (QED) is 0.656. The molecule has 14 heavy (non-hydrogen) atoms. The molecule has 0 spiro atoms. The van der Waals surface area contributed by atoms with E-state index in [0.29, 0.717) is 0 Å². The van der Waals surface area contributed by atoms with Gasteiger partial charge in [0.2, 0.25) is 0 Å². The van der Waals surface area contributed by atoms with E-state index in [1.807, 2.05) is 20.8 Å². The third-order valence-corrected chi connectivity index (χ3v) is 2.53. The van der Waals surface area contributed by atoms with Crippen molar-refractivity contribution in [3.63, 3.8) is 0 Å². The molecule has 0 amide bonds. The Balaban J connectivity index is 2.50. The lowest BCUT2D eigenvalue weighted by molar-refractivity contribution is -0.161. The number of esters is 1. The first-order valence-corrected chi connectivity index (χ1v) is 5.38. The number of rotatable bonds is 1. The van der Waals surface area contributed by atoms with Gasteiger partial charge in [-0.3, -0.25) is 4.79 Å². The summed E-state index contributed by atoms with van der Waals surface area (Å²) in [5, 5.41) is 0. The molecule has 0 radical (unpaired) electrons. The molecule has 0 aromatic carbocycles. The molecule has 1 saturated carbocycles. The first-order chi connectivity index (χ1) is 6.40. The van der Waals surface area contributed by atoms with Crippen LogP contribution in [0.2, 0.25) is 0 Å². The van der Waals surface area contributed by atoms with Crippen LogP contribution in [-0.4, -0.2) is 17.6 Å². The Labute approximate surface area is 86.0 Å². The molecule has 1 aliphatic rings. The molecule has 82 valence electrons. The van der Waals surface area contributed by atoms with Gasteiger partial charge in [-0.15, -0.1) is 0 Å². The molecule has 0 heterocycles. The molecule has 0 aliphatic heterocycles. The van der Waals surface area contributed by atoms with E-state index >= 15 is 0 Å². The van der Waals surface area contributed by atoms with E-state index in [9.17, 15) is 4.79 Å². The molecule has 1 fully saturated rings. The maximum absolute atomic E-state index is 11.7. The summed E-state index contributed by atoms with van der Waals surface area (Å²) < 4.78 is 5.33. The zero-order valence-corrected chi connectivity index (χ0v) is 9.38. The summed E-state index contributed by atoms with van der Waals surface area (Å²) in [6, 6.07) is -0.00130. The van der Waals surface area contributed by atoms with Crippen LogP contribution in [0.5, 0.6) is 0 Å². The average molecular weight is 199 g/mol. The largest absolute Gasteiger partial charge is 0.460 e. The maximum atomic E-state index is 11.7. The van der Waals surface area contributed by atoms with Gasteiger partial charge >= 0.3 is 5.97 Å². The van der Waals surface area contributed by atoms with E-state index in [1.165, 1.54) is 0 Å². The van der Waals surface area contributed by atoms with Gasteiger partial charge in [0.1, 0.15) is 5.60 Å². The van der Waals surface area contributed by atoms with Gasteiger partial charge in [0.25, 0.3) is 0 Å². The first kappa shape index (κ1) is 11.5. The van der Waals surface area contributed by atoms with Gasteiger partial charge in [-0.25, -0.2) is 0 Å². The van der Waals surface area contributed by atoms with Crippen molar-refractivity contribution in [2.24, 2.45) is 11.7 Å². The lowest BCUT2D eigenvalue weighted by Crippen LogP contribution is -2.41. The Bertz CT molecular complexity index is 208. The number of carbonyl (C=O) groups is 1. The lowest BCUT2D eigenvalue weighted by atomic mass is 9.85. The molecule has 1 aliphatic carbocycles. The predicted octanol–water partition coefficient (Wildman–Crippen LogP) is 1.85. The highest BCUT2D eigenvalue weighted by atomic mass is 16.6. The molecule has 3 heteroatoms. The molecule has 2 atom stereocenters. The van der Waals surface area contributed by atoms with E-state index in [0.717, 1.165) is 25.7 Å². The third-order valence-electron chi connectivity index (χ3n) is 2.53. The zero-order valence-electron chi connectivity index (χ0n) is 9.38. The fourth-order valence-electron chi connectivity index (χ4n) is 1.83. The van der Waals surface area contributed by atoms with Crippen LogP contribution in [0.4, 0.5) is 0 Å². The van der Waals surface area contributed by atoms with Crippen LogP contribution in [0.3, 0.4) is 0 Å². The van der Waals surface area contributed by atoms with Crippen molar-refractivity contribution < 1.29 is 9.53 Å². The summed E-state index contributed by atoms with van der Waals surface area (Å²) in [5.41, 5.74) is 5.50. The highest BCUT2D eigenvalue weighted by Crippen LogP contribution is 2.25. The molecule has 1 rings (SSSR count). The van der Waals surface area contributed by atoms with E-state index < -0.39 is 5.60 Å². The van der Waals surface area contributed by atoms with E-state index in [-0.39, 0.29) is 17.9 Å². The van der Waals surface area contributed by atoms with Crippen molar-refractivity contribution in [3.05, 3.63) is 0 Å². The predicted molar refractivity (Wildman–Crippen MR) is 55.8 cm³/mol. The minimum absolute atomic E-state index is 0.00130. The van der Waals surface area contributed by atoms with Gasteiger partial charge in [0.15, 0.2) is 0 Å². The standard InChI is InChI=1S/C11H21NO2/c1-11(2,3)14-10(13)8-6-4-5-7-9(8)12/h8-9H,4-7,12H2,1-3H3/t8-,9-/m0/s1. The summed E-state index contributed by atoms with van der Waals surface area (Å²) >= 11 is 0. The highest BCUT2D eigenvalue weighted by molar-refractivity contribution is 5.73. The average Bonchev–Trinajstić information content (AvgIpc) is 2.01. The van der Waals surface area contributed by atoms with Gasteiger partial charge in [0.05, 0.1) is 5.92 Å².